The smallest absolute Gasteiger partial charge is 0.273 e. The highest BCUT2D eigenvalue weighted by molar-refractivity contribution is 5.47. The van der Waals surface area contributed by atoms with Crippen LogP contribution in [0.15, 0.2) is 42.5 Å². The van der Waals surface area contributed by atoms with E-state index in [4.69, 9.17) is 10.00 Å². The highest BCUT2D eigenvalue weighted by Crippen LogP contribution is 2.28. The fourth-order valence-corrected chi connectivity index (χ4v) is 1.49. The van der Waals surface area contributed by atoms with Gasteiger partial charge in [-0.2, -0.15) is 5.26 Å². The first kappa shape index (κ1) is 12.5. The molecule has 0 bridgehead atoms. The Balaban J connectivity index is 2.37. The van der Waals surface area contributed by atoms with Gasteiger partial charge in [-0.3, -0.25) is 10.1 Å². The van der Waals surface area contributed by atoms with Crippen molar-refractivity contribution in [3.05, 3.63) is 64.0 Å². The summed E-state index contributed by atoms with van der Waals surface area (Å²) in [6.07, 6.45) is 0. The second-order valence-electron chi connectivity index (χ2n) is 3.58. The third-order valence-corrected chi connectivity index (χ3v) is 2.34. The standard InChI is InChI=1S/C13H7FN2O3/c14-12-5-2-6-13(11(12)8-15)19-10-4-1-3-9(7-10)16(17)18/h1-7H. The number of nitrogens with zero attached hydrogens (tertiary/aromatic N) is 2. The van der Waals surface area contributed by atoms with Gasteiger partial charge in [-0.05, 0) is 18.2 Å². The SMILES string of the molecule is N#Cc1c(F)cccc1Oc1cccc([N+](=O)[O-])c1. The number of non-ortho nitro benzene ring substituents is 1. The number of hydrogen-bond acceptors (Lipinski definition) is 4. The maximum Gasteiger partial charge on any atom is 0.273 e. The van der Waals surface area contributed by atoms with Gasteiger partial charge in [-0.1, -0.05) is 12.1 Å². The molecule has 0 unspecified atom stereocenters. The lowest BCUT2D eigenvalue weighted by atomic mass is 10.2. The number of hydrogen-bond donors (Lipinski definition) is 0. The second kappa shape index (κ2) is 5.14. The number of nitriles is 1. The van der Waals surface area contributed by atoms with E-state index in [-0.39, 0.29) is 22.7 Å². The Morgan fingerprint density at radius 2 is 2.00 bits per heavy atom. The first-order valence-corrected chi connectivity index (χ1v) is 5.22. The van der Waals surface area contributed by atoms with Gasteiger partial charge in [0.1, 0.15) is 28.9 Å². The van der Waals surface area contributed by atoms with E-state index in [0.29, 0.717) is 0 Å². The van der Waals surface area contributed by atoms with Crippen LogP contribution >= 0.6 is 0 Å². The topological polar surface area (TPSA) is 76.2 Å². The summed E-state index contributed by atoms with van der Waals surface area (Å²) in [4.78, 5) is 10.1. The monoisotopic (exact) mass is 258 g/mol. The third-order valence-electron chi connectivity index (χ3n) is 2.34. The Morgan fingerprint density at radius 1 is 1.26 bits per heavy atom. The molecule has 0 atom stereocenters. The maximum absolute atomic E-state index is 13.3. The predicted molar refractivity (Wildman–Crippen MR) is 64.3 cm³/mol. The van der Waals surface area contributed by atoms with Crippen LogP contribution in [0.3, 0.4) is 0 Å². The van der Waals surface area contributed by atoms with E-state index in [1.54, 1.807) is 6.07 Å². The summed E-state index contributed by atoms with van der Waals surface area (Å²) in [5, 5.41) is 19.5. The van der Waals surface area contributed by atoms with Crippen molar-refractivity contribution in [3.8, 4) is 17.6 Å². The molecule has 2 aromatic carbocycles. The number of nitro benzene ring substituents is 1. The molecule has 0 aliphatic carbocycles. The van der Waals surface area contributed by atoms with Gasteiger partial charge in [0, 0.05) is 6.07 Å². The molecule has 0 heterocycles. The number of benzene rings is 2. The first-order chi connectivity index (χ1) is 9.11. The van der Waals surface area contributed by atoms with Gasteiger partial charge in [-0.25, -0.2) is 4.39 Å². The molecule has 0 amide bonds. The number of ether oxygens (including phenoxy) is 1. The lowest BCUT2D eigenvalue weighted by Gasteiger charge is -2.07. The summed E-state index contributed by atoms with van der Waals surface area (Å²) in [5.74, 6) is -0.523. The molecule has 0 aliphatic rings. The number of halogens is 1. The molecule has 5 nitrogen and oxygen atoms in total. The molecule has 0 aromatic heterocycles. The molecule has 2 rings (SSSR count). The molecule has 19 heavy (non-hydrogen) atoms. The van der Waals surface area contributed by atoms with E-state index in [2.05, 4.69) is 0 Å². The van der Waals surface area contributed by atoms with Crippen molar-refractivity contribution < 1.29 is 14.1 Å². The van der Waals surface area contributed by atoms with E-state index < -0.39 is 10.7 Å². The average molecular weight is 258 g/mol. The Hall–Kier alpha value is -2.94. The van der Waals surface area contributed by atoms with Gasteiger partial charge >= 0.3 is 0 Å². The lowest BCUT2D eigenvalue weighted by Crippen LogP contribution is -1.93. The normalized spacial score (nSPS) is 9.68. The Labute approximate surface area is 107 Å². The van der Waals surface area contributed by atoms with Crippen LogP contribution < -0.4 is 4.74 Å². The molecule has 0 aliphatic heterocycles. The van der Waals surface area contributed by atoms with Crippen LogP contribution in [0, 0.1) is 27.3 Å². The van der Waals surface area contributed by atoms with Crippen LogP contribution in [-0.2, 0) is 0 Å². The Bertz CT molecular complexity index is 680. The van der Waals surface area contributed by atoms with Crippen LogP contribution in [0.4, 0.5) is 10.1 Å². The van der Waals surface area contributed by atoms with Crippen molar-refractivity contribution in [1.29, 1.82) is 5.26 Å². The van der Waals surface area contributed by atoms with Gasteiger partial charge in [0.2, 0.25) is 0 Å². The highest BCUT2D eigenvalue weighted by atomic mass is 19.1. The van der Waals surface area contributed by atoms with E-state index >= 15 is 0 Å². The van der Waals surface area contributed by atoms with Crippen LogP contribution in [-0.4, -0.2) is 4.92 Å². The van der Waals surface area contributed by atoms with E-state index in [0.717, 1.165) is 6.07 Å². The van der Waals surface area contributed by atoms with Gasteiger partial charge in [0.05, 0.1) is 11.0 Å². The largest absolute Gasteiger partial charge is 0.456 e. The molecular weight excluding hydrogens is 251 g/mol. The van der Waals surface area contributed by atoms with Crippen molar-refractivity contribution in [1.82, 2.24) is 0 Å². The molecule has 0 saturated carbocycles. The Kier molecular flexibility index (Phi) is 3.39. The fourth-order valence-electron chi connectivity index (χ4n) is 1.49. The average Bonchev–Trinajstić information content (AvgIpc) is 2.39. The summed E-state index contributed by atoms with van der Waals surface area (Å²) in [7, 11) is 0. The number of nitro groups is 1. The molecule has 0 spiro atoms. The third kappa shape index (κ3) is 2.66. The van der Waals surface area contributed by atoms with Crippen molar-refractivity contribution in [2.24, 2.45) is 0 Å². The fraction of sp³-hybridized carbons (Fsp3) is 0. The summed E-state index contributed by atoms with van der Waals surface area (Å²) in [5.41, 5.74) is -0.388. The molecule has 0 fully saturated rings. The summed E-state index contributed by atoms with van der Waals surface area (Å²) >= 11 is 0. The lowest BCUT2D eigenvalue weighted by molar-refractivity contribution is -0.384. The zero-order chi connectivity index (χ0) is 13.8. The predicted octanol–water partition coefficient (Wildman–Crippen LogP) is 3.40. The highest BCUT2D eigenvalue weighted by Gasteiger charge is 2.12. The van der Waals surface area contributed by atoms with Gasteiger partial charge in [0.25, 0.3) is 5.69 Å². The maximum atomic E-state index is 13.3. The second-order valence-corrected chi connectivity index (χ2v) is 3.58. The molecule has 94 valence electrons. The van der Waals surface area contributed by atoms with Crippen LogP contribution in [0.5, 0.6) is 11.5 Å². The molecule has 0 radical (unpaired) electrons. The first-order valence-electron chi connectivity index (χ1n) is 5.22. The van der Waals surface area contributed by atoms with Crippen LogP contribution in [0.2, 0.25) is 0 Å². The van der Waals surface area contributed by atoms with Gasteiger partial charge < -0.3 is 4.74 Å². The van der Waals surface area contributed by atoms with Gasteiger partial charge in [-0.15, -0.1) is 0 Å². The zero-order valence-corrected chi connectivity index (χ0v) is 9.54. The minimum Gasteiger partial charge on any atom is -0.456 e. The van der Waals surface area contributed by atoms with Crippen LogP contribution in [0.1, 0.15) is 5.56 Å². The minimum atomic E-state index is -0.703. The summed E-state index contributed by atoms with van der Waals surface area (Å²) in [6.45, 7) is 0. The molecule has 0 saturated heterocycles. The Morgan fingerprint density at radius 3 is 2.68 bits per heavy atom. The van der Waals surface area contributed by atoms with Crippen molar-refractivity contribution in [2.75, 3.05) is 0 Å². The van der Waals surface area contributed by atoms with Crippen molar-refractivity contribution >= 4 is 5.69 Å². The van der Waals surface area contributed by atoms with E-state index in [1.807, 2.05) is 0 Å². The summed E-state index contributed by atoms with van der Waals surface area (Å²) < 4.78 is 18.7. The molecule has 0 N–H and O–H groups in total. The summed E-state index contributed by atoms with van der Waals surface area (Å²) in [6, 6.07) is 11.1. The quantitative estimate of drug-likeness (QED) is 0.624. The number of rotatable bonds is 3. The molecular formula is C13H7FN2O3. The van der Waals surface area contributed by atoms with Crippen molar-refractivity contribution in [3.63, 3.8) is 0 Å². The molecule has 2 aromatic rings. The zero-order valence-electron chi connectivity index (χ0n) is 9.54. The van der Waals surface area contributed by atoms with Crippen molar-refractivity contribution in [2.45, 2.75) is 0 Å². The van der Waals surface area contributed by atoms with Crippen LogP contribution in [0.25, 0.3) is 0 Å². The van der Waals surface area contributed by atoms with E-state index in [1.165, 1.54) is 36.4 Å². The minimum absolute atomic E-state index is 0.0167. The molecule has 6 heteroatoms. The van der Waals surface area contributed by atoms with Gasteiger partial charge in [0.15, 0.2) is 0 Å². The van der Waals surface area contributed by atoms with E-state index in [9.17, 15) is 14.5 Å².